The van der Waals surface area contributed by atoms with Crippen LogP contribution in [0.25, 0.3) is 10.9 Å². The molecule has 1 aromatic heterocycles. The molecule has 0 radical (unpaired) electrons. The molecule has 0 aliphatic rings. The van der Waals surface area contributed by atoms with Crippen LogP contribution in [0.2, 0.25) is 10.0 Å². The van der Waals surface area contributed by atoms with E-state index in [1.807, 2.05) is 30.3 Å². The van der Waals surface area contributed by atoms with E-state index in [2.05, 4.69) is 4.98 Å². The second kappa shape index (κ2) is 5.84. The van der Waals surface area contributed by atoms with Crippen molar-refractivity contribution in [2.45, 2.75) is 6.42 Å². The molecule has 0 saturated carbocycles. The summed E-state index contributed by atoms with van der Waals surface area (Å²) >= 11 is 12.1. The van der Waals surface area contributed by atoms with Gasteiger partial charge in [-0.3, -0.25) is 9.78 Å². The second-order valence-electron chi connectivity index (χ2n) is 4.69. The summed E-state index contributed by atoms with van der Waals surface area (Å²) in [5, 5.41) is 1.68. The third-order valence-electron chi connectivity index (χ3n) is 3.34. The van der Waals surface area contributed by atoms with Gasteiger partial charge in [0.05, 0.1) is 15.6 Å². The molecule has 4 heteroatoms. The van der Waals surface area contributed by atoms with Crippen molar-refractivity contribution in [3.8, 4) is 0 Å². The van der Waals surface area contributed by atoms with E-state index >= 15 is 0 Å². The van der Waals surface area contributed by atoms with Crippen molar-refractivity contribution in [3.05, 3.63) is 75.9 Å². The van der Waals surface area contributed by atoms with E-state index in [-0.39, 0.29) is 12.2 Å². The molecule has 1 heterocycles. The number of carbonyl (C=O) groups excluding carboxylic acids is 1. The fraction of sp³-hybridized carbons (Fsp3) is 0.0588. The van der Waals surface area contributed by atoms with Crippen LogP contribution in [-0.2, 0) is 6.42 Å². The van der Waals surface area contributed by atoms with Crippen molar-refractivity contribution in [1.29, 1.82) is 0 Å². The topological polar surface area (TPSA) is 30.0 Å². The second-order valence-corrected chi connectivity index (χ2v) is 5.47. The van der Waals surface area contributed by atoms with Crippen LogP contribution < -0.4 is 0 Å². The van der Waals surface area contributed by atoms with Crippen LogP contribution in [0.5, 0.6) is 0 Å². The van der Waals surface area contributed by atoms with E-state index in [9.17, 15) is 4.79 Å². The average molecular weight is 316 g/mol. The highest BCUT2D eigenvalue weighted by Crippen LogP contribution is 2.27. The van der Waals surface area contributed by atoms with E-state index in [4.69, 9.17) is 23.2 Å². The molecule has 0 atom stereocenters. The minimum atomic E-state index is -0.0566. The minimum Gasteiger partial charge on any atom is -0.294 e. The van der Waals surface area contributed by atoms with Crippen LogP contribution in [-0.4, -0.2) is 10.8 Å². The Balaban J connectivity index is 1.99. The Morgan fingerprint density at radius 3 is 2.67 bits per heavy atom. The summed E-state index contributed by atoms with van der Waals surface area (Å²) in [6, 6.07) is 14.7. The van der Waals surface area contributed by atoms with Gasteiger partial charge in [-0.2, -0.15) is 0 Å². The third kappa shape index (κ3) is 2.78. The zero-order chi connectivity index (χ0) is 14.8. The molecule has 21 heavy (non-hydrogen) atoms. The molecule has 0 unspecified atom stereocenters. The smallest absolute Gasteiger partial charge is 0.168 e. The number of rotatable bonds is 3. The number of fused-ring (bicyclic) bond motifs is 1. The highest BCUT2D eigenvalue weighted by Gasteiger charge is 2.14. The van der Waals surface area contributed by atoms with Gasteiger partial charge in [-0.05, 0) is 29.8 Å². The van der Waals surface area contributed by atoms with Crippen molar-refractivity contribution in [3.63, 3.8) is 0 Å². The first-order valence-electron chi connectivity index (χ1n) is 6.46. The van der Waals surface area contributed by atoms with Gasteiger partial charge >= 0.3 is 0 Å². The van der Waals surface area contributed by atoms with Gasteiger partial charge in [-0.25, -0.2) is 0 Å². The number of hydrogen-bond donors (Lipinski definition) is 0. The van der Waals surface area contributed by atoms with Crippen molar-refractivity contribution < 1.29 is 4.79 Å². The van der Waals surface area contributed by atoms with Crippen LogP contribution in [0.15, 0.2) is 54.7 Å². The Kier molecular flexibility index (Phi) is 3.91. The Morgan fingerprint density at radius 1 is 1.00 bits per heavy atom. The predicted octanol–water partition coefficient (Wildman–Crippen LogP) is 4.97. The van der Waals surface area contributed by atoms with Gasteiger partial charge in [-0.1, -0.05) is 47.5 Å². The van der Waals surface area contributed by atoms with Crippen molar-refractivity contribution in [2.24, 2.45) is 0 Å². The fourth-order valence-corrected chi connectivity index (χ4v) is 2.70. The molecule has 3 aromatic rings. The van der Waals surface area contributed by atoms with Crippen LogP contribution in [0.3, 0.4) is 0 Å². The molecule has 0 amide bonds. The number of para-hydroxylation sites is 1. The molecule has 0 bridgehead atoms. The molecular weight excluding hydrogens is 305 g/mol. The number of ketones is 1. The van der Waals surface area contributed by atoms with Gasteiger partial charge in [0.1, 0.15) is 0 Å². The zero-order valence-electron chi connectivity index (χ0n) is 11.0. The minimum absolute atomic E-state index is 0.0566. The van der Waals surface area contributed by atoms with Gasteiger partial charge in [0.15, 0.2) is 5.78 Å². The normalized spacial score (nSPS) is 10.8. The number of pyridine rings is 1. The molecule has 2 aromatic carbocycles. The largest absolute Gasteiger partial charge is 0.294 e. The van der Waals surface area contributed by atoms with Gasteiger partial charge in [0.2, 0.25) is 0 Å². The van der Waals surface area contributed by atoms with E-state index in [0.717, 1.165) is 16.5 Å². The summed E-state index contributed by atoms with van der Waals surface area (Å²) < 4.78 is 0. The summed E-state index contributed by atoms with van der Waals surface area (Å²) in [6.45, 7) is 0. The summed E-state index contributed by atoms with van der Waals surface area (Å²) in [6.07, 6.45) is 1.98. The maximum Gasteiger partial charge on any atom is 0.168 e. The fourth-order valence-electron chi connectivity index (χ4n) is 2.30. The summed E-state index contributed by atoms with van der Waals surface area (Å²) in [4.78, 5) is 16.8. The molecule has 3 rings (SSSR count). The molecule has 0 spiro atoms. The van der Waals surface area contributed by atoms with Crippen LogP contribution >= 0.6 is 23.2 Å². The number of benzene rings is 2. The first kappa shape index (κ1) is 14.1. The lowest BCUT2D eigenvalue weighted by Gasteiger charge is -2.07. The summed E-state index contributed by atoms with van der Waals surface area (Å²) in [5.74, 6) is -0.0566. The Labute approximate surface area is 132 Å². The number of Topliss-reactive ketones (excluding diaryl/α,β-unsaturated/α-hetero) is 1. The van der Waals surface area contributed by atoms with Crippen LogP contribution in [0.4, 0.5) is 0 Å². The summed E-state index contributed by atoms with van der Waals surface area (Å²) in [7, 11) is 0. The SMILES string of the molecule is O=C(Cc1ccnc2ccccc12)c1cccc(Cl)c1Cl. The van der Waals surface area contributed by atoms with Crippen molar-refractivity contribution >= 4 is 39.9 Å². The predicted molar refractivity (Wildman–Crippen MR) is 86.2 cm³/mol. The lowest BCUT2D eigenvalue weighted by Crippen LogP contribution is -2.05. The Morgan fingerprint density at radius 2 is 1.81 bits per heavy atom. The molecule has 0 fully saturated rings. The first-order chi connectivity index (χ1) is 10.2. The van der Waals surface area contributed by atoms with Gasteiger partial charge in [0, 0.05) is 23.6 Å². The number of aromatic nitrogens is 1. The quantitative estimate of drug-likeness (QED) is 0.639. The first-order valence-corrected chi connectivity index (χ1v) is 7.22. The van der Waals surface area contributed by atoms with E-state index < -0.39 is 0 Å². The molecule has 0 aliphatic carbocycles. The Bertz CT molecular complexity index is 825. The lowest BCUT2D eigenvalue weighted by atomic mass is 10.00. The summed E-state index contributed by atoms with van der Waals surface area (Å²) in [5.41, 5.74) is 2.26. The maximum atomic E-state index is 12.5. The molecule has 2 nitrogen and oxygen atoms in total. The number of nitrogens with zero attached hydrogens (tertiary/aromatic N) is 1. The highest BCUT2D eigenvalue weighted by atomic mass is 35.5. The number of carbonyl (C=O) groups is 1. The van der Waals surface area contributed by atoms with Crippen LogP contribution in [0.1, 0.15) is 15.9 Å². The Hall–Kier alpha value is -1.90. The maximum absolute atomic E-state index is 12.5. The standard InChI is InChI=1S/C17H11Cl2NO/c18-14-6-3-5-13(17(14)19)16(21)10-11-8-9-20-15-7-2-1-4-12(11)15/h1-9H,10H2. The van der Waals surface area contributed by atoms with E-state index in [0.29, 0.717) is 15.6 Å². The molecule has 0 N–H and O–H groups in total. The van der Waals surface area contributed by atoms with Gasteiger partial charge in [-0.15, -0.1) is 0 Å². The van der Waals surface area contributed by atoms with Gasteiger partial charge in [0.25, 0.3) is 0 Å². The number of hydrogen-bond acceptors (Lipinski definition) is 2. The number of halogens is 2. The molecule has 104 valence electrons. The molecule has 0 saturated heterocycles. The third-order valence-corrected chi connectivity index (χ3v) is 4.16. The zero-order valence-corrected chi connectivity index (χ0v) is 12.5. The molecular formula is C17H11Cl2NO. The molecule has 0 aliphatic heterocycles. The monoisotopic (exact) mass is 315 g/mol. The van der Waals surface area contributed by atoms with E-state index in [1.165, 1.54) is 0 Å². The van der Waals surface area contributed by atoms with E-state index in [1.54, 1.807) is 24.4 Å². The highest BCUT2D eigenvalue weighted by molar-refractivity contribution is 6.43. The lowest BCUT2D eigenvalue weighted by molar-refractivity contribution is 0.0993. The average Bonchev–Trinajstić information content (AvgIpc) is 2.50. The van der Waals surface area contributed by atoms with Crippen LogP contribution in [0, 0.1) is 0 Å². The van der Waals surface area contributed by atoms with Crippen molar-refractivity contribution in [1.82, 2.24) is 4.98 Å². The van der Waals surface area contributed by atoms with Crippen molar-refractivity contribution in [2.75, 3.05) is 0 Å². The van der Waals surface area contributed by atoms with Gasteiger partial charge < -0.3 is 0 Å².